The molecule has 0 N–H and O–H groups in total. The minimum atomic E-state index is 0.652. The van der Waals surface area contributed by atoms with Gasteiger partial charge >= 0.3 is 0 Å². The van der Waals surface area contributed by atoms with E-state index in [-0.39, 0.29) is 0 Å². The van der Waals surface area contributed by atoms with E-state index < -0.39 is 0 Å². The predicted octanol–water partition coefficient (Wildman–Crippen LogP) is 4.36. The largest absolute Gasteiger partial charge is 0.298 e. The lowest BCUT2D eigenvalue weighted by Crippen LogP contribution is -2.02. The van der Waals surface area contributed by atoms with Gasteiger partial charge in [-0.1, -0.05) is 12.1 Å². The van der Waals surface area contributed by atoms with Crippen LogP contribution in [-0.2, 0) is 0 Å². The summed E-state index contributed by atoms with van der Waals surface area (Å²) in [4.78, 5) is 13.7. The molecule has 138 valence electrons. The summed E-state index contributed by atoms with van der Waals surface area (Å²) in [5.74, 6) is 0.652. The van der Waals surface area contributed by atoms with E-state index in [9.17, 15) is 0 Å². The summed E-state index contributed by atoms with van der Waals surface area (Å²) in [6.45, 7) is 8.55. The Kier molecular flexibility index (Phi) is 3.55. The summed E-state index contributed by atoms with van der Waals surface area (Å²) >= 11 is 0. The molecular weight excluding hydrogens is 348 g/mol. The highest BCUT2D eigenvalue weighted by Crippen LogP contribution is 2.32. The van der Waals surface area contributed by atoms with Crippen molar-refractivity contribution in [2.45, 2.75) is 27.7 Å². The van der Waals surface area contributed by atoms with Crippen LogP contribution in [0.25, 0.3) is 33.8 Å². The zero-order valence-corrected chi connectivity index (χ0v) is 16.3. The Hall–Kier alpha value is -3.54. The van der Waals surface area contributed by atoms with Crippen LogP contribution in [0.1, 0.15) is 22.4 Å². The summed E-state index contributed by atoms with van der Waals surface area (Å²) < 4.78 is 3.98. The smallest absolute Gasteiger partial charge is 0.183 e. The summed E-state index contributed by atoms with van der Waals surface area (Å²) in [5.41, 5.74) is 8.60. The molecule has 28 heavy (non-hydrogen) atoms. The molecule has 0 aliphatic rings. The van der Waals surface area contributed by atoms with E-state index in [1.807, 2.05) is 12.1 Å². The Morgan fingerprint density at radius 3 is 2.54 bits per heavy atom. The molecule has 1 aromatic carbocycles. The first kappa shape index (κ1) is 16.6. The van der Waals surface area contributed by atoms with Crippen LogP contribution in [0, 0.1) is 27.7 Å². The van der Waals surface area contributed by atoms with Crippen LogP contribution in [-0.4, -0.2) is 29.1 Å². The van der Waals surface area contributed by atoms with Gasteiger partial charge in [0.1, 0.15) is 6.33 Å². The van der Waals surface area contributed by atoms with E-state index in [0.717, 1.165) is 33.6 Å². The summed E-state index contributed by atoms with van der Waals surface area (Å²) in [6, 6.07) is 10.2. The zero-order valence-electron chi connectivity index (χ0n) is 16.3. The normalized spacial score (nSPS) is 11.6. The number of fused-ring (bicyclic) bond motifs is 3. The molecule has 0 saturated heterocycles. The van der Waals surface area contributed by atoms with Gasteiger partial charge < -0.3 is 0 Å². The first-order valence-electron chi connectivity index (χ1n) is 9.26. The molecule has 0 aliphatic heterocycles. The fourth-order valence-electron chi connectivity index (χ4n) is 3.75. The number of aryl methyl sites for hydroxylation is 2. The van der Waals surface area contributed by atoms with Crippen LogP contribution in [0.2, 0.25) is 0 Å². The Morgan fingerprint density at radius 2 is 1.75 bits per heavy atom. The number of rotatable bonds is 2. The molecule has 5 aromatic rings. The molecule has 6 nitrogen and oxygen atoms in total. The molecule has 0 fully saturated rings. The van der Waals surface area contributed by atoms with Crippen molar-refractivity contribution in [2.24, 2.45) is 0 Å². The number of hydrogen-bond donors (Lipinski definition) is 0. The first-order valence-corrected chi connectivity index (χ1v) is 9.26. The van der Waals surface area contributed by atoms with E-state index >= 15 is 0 Å². The highest BCUT2D eigenvalue weighted by molar-refractivity contribution is 5.95. The Balaban J connectivity index is 1.83. The Labute approximate surface area is 162 Å². The van der Waals surface area contributed by atoms with Gasteiger partial charge in [-0.05, 0) is 62.6 Å². The lowest BCUT2D eigenvalue weighted by molar-refractivity contribution is 0.925. The number of nitrogens with zero attached hydrogens (tertiary/aromatic N) is 6. The first-order chi connectivity index (χ1) is 13.6. The molecular formula is C22H20N6. The maximum Gasteiger partial charge on any atom is 0.183 e. The minimum Gasteiger partial charge on any atom is -0.298 e. The zero-order chi connectivity index (χ0) is 19.4. The van der Waals surface area contributed by atoms with Crippen molar-refractivity contribution in [3.8, 4) is 17.1 Å². The van der Waals surface area contributed by atoms with Gasteiger partial charge in [-0.3, -0.25) is 9.55 Å². The second-order valence-corrected chi connectivity index (χ2v) is 7.15. The standard InChI is InChI=1S/C22H20N6/c1-13-7-5-9-18(14(13)2)28-16(4)15(3)19-21(28)24-12-27-22(19)25-20(26-27)17-8-6-10-23-11-17/h5-12H,1-4H3. The van der Waals surface area contributed by atoms with Crippen LogP contribution in [0.4, 0.5) is 0 Å². The summed E-state index contributed by atoms with van der Waals surface area (Å²) in [6.07, 6.45) is 5.26. The monoisotopic (exact) mass is 368 g/mol. The van der Waals surface area contributed by atoms with Crippen molar-refractivity contribution < 1.29 is 0 Å². The average molecular weight is 368 g/mol. The topological polar surface area (TPSA) is 60.9 Å². The van der Waals surface area contributed by atoms with Crippen molar-refractivity contribution in [3.63, 3.8) is 0 Å². The van der Waals surface area contributed by atoms with Crippen LogP contribution in [0.3, 0.4) is 0 Å². The van der Waals surface area contributed by atoms with E-state index in [0.29, 0.717) is 5.82 Å². The van der Waals surface area contributed by atoms with Crippen LogP contribution < -0.4 is 0 Å². The maximum absolute atomic E-state index is 4.82. The van der Waals surface area contributed by atoms with Gasteiger partial charge in [0.2, 0.25) is 0 Å². The van der Waals surface area contributed by atoms with Crippen LogP contribution >= 0.6 is 0 Å². The van der Waals surface area contributed by atoms with Gasteiger partial charge in [-0.15, -0.1) is 5.10 Å². The number of aromatic nitrogens is 6. The maximum atomic E-state index is 4.82. The number of benzene rings is 1. The quantitative estimate of drug-likeness (QED) is 0.464. The summed E-state index contributed by atoms with van der Waals surface area (Å²) in [5, 5.41) is 5.64. The summed E-state index contributed by atoms with van der Waals surface area (Å²) in [7, 11) is 0. The second kappa shape index (κ2) is 5.99. The van der Waals surface area contributed by atoms with Gasteiger partial charge in [0, 0.05) is 23.7 Å². The fourth-order valence-corrected chi connectivity index (χ4v) is 3.75. The molecule has 0 atom stereocenters. The SMILES string of the molecule is Cc1cccc(-n2c(C)c(C)c3c2ncn2nc(-c4cccnc4)nc32)c1C. The molecule has 5 rings (SSSR count). The van der Waals surface area contributed by atoms with Crippen LogP contribution in [0.15, 0.2) is 49.1 Å². The molecule has 0 radical (unpaired) electrons. The van der Waals surface area contributed by atoms with E-state index in [1.54, 1.807) is 23.2 Å². The molecule has 0 unspecified atom stereocenters. The van der Waals surface area contributed by atoms with Crippen LogP contribution in [0.5, 0.6) is 0 Å². The van der Waals surface area contributed by atoms with Crippen molar-refractivity contribution in [1.29, 1.82) is 0 Å². The third kappa shape index (κ3) is 2.27. The molecule has 4 heterocycles. The molecule has 0 aliphatic carbocycles. The van der Waals surface area contributed by atoms with Gasteiger partial charge in [0.15, 0.2) is 17.1 Å². The fraction of sp³-hybridized carbons (Fsp3) is 0.182. The average Bonchev–Trinajstić information content (AvgIpc) is 3.25. The highest BCUT2D eigenvalue weighted by atomic mass is 15.3. The van der Waals surface area contributed by atoms with Crippen molar-refractivity contribution in [2.75, 3.05) is 0 Å². The number of pyridine rings is 1. The van der Waals surface area contributed by atoms with Crippen molar-refractivity contribution in [3.05, 3.63) is 71.4 Å². The van der Waals surface area contributed by atoms with Crippen molar-refractivity contribution in [1.82, 2.24) is 29.1 Å². The lowest BCUT2D eigenvalue weighted by atomic mass is 10.1. The highest BCUT2D eigenvalue weighted by Gasteiger charge is 2.20. The van der Waals surface area contributed by atoms with Crippen molar-refractivity contribution >= 4 is 16.7 Å². The molecule has 6 heteroatoms. The molecule has 4 aromatic heterocycles. The third-order valence-electron chi connectivity index (χ3n) is 5.57. The van der Waals surface area contributed by atoms with Gasteiger partial charge in [-0.25, -0.2) is 14.5 Å². The predicted molar refractivity (Wildman–Crippen MR) is 110 cm³/mol. The Morgan fingerprint density at radius 1 is 0.893 bits per heavy atom. The van der Waals surface area contributed by atoms with E-state index in [2.05, 4.69) is 60.5 Å². The van der Waals surface area contributed by atoms with E-state index in [1.165, 1.54) is 16.7 Å². The molecule has 0 spiro atoms. The van der Waals surface area contributed by atoms with Gasteiger partial charge in [0.05, 0.1) is 11.1 Å². The Bertz CT molecular complexity index is 1340. The molecule has 0 amide bonds. The lowest BCUT2D eigenvalue weighted by Gasteiger charge is -2.13. The van der Waals surface area contributed by atoms with Gasteiger partial charge in [0.25, 0.3) is 0 Å². The third-order valence-corrected chi connectivity index (χ3v) is 5.57. The van der Waals surface area contributed by atoms with E-state index in [4.69, 9.17) is 9.97 Å². The van der Waals surface area contributed by atoms with Gasteiger partial charge in [-0.2, -0.15) is 0 Å². The second-order valence-electron chi connectivity index (χ2n) is 7.15. The number of hydrogen-bond acceptors (Lipinski definition) is 4. The molecule has 0 saturated carbocycles. The minimum absolute atomic E-state index is 0.652. The molecule has 0 bridgehead atoms.